The molecule has 0 spiro atoms. The fourth-order valence-electron chi connectivity index (χ4n) is 0.206. The molecule has 44 valence electrons. The summed E-state index contributed by atoms with van der Waals surface area (Å²) in [6, 6.07) is 0. The van der Waals surface area contributed by atoms with Gasteiger partial charge in [0.25, 0.3) is 0 Å². The number of rotatable bonds is 1. The Kier molecular flexibility index (Phi) is 4.38. The number of carbonyl (C=O) groups excluding carboxylic acids is 1. The summed E-state index contributed by atoms with van der Waals surface area (Å²) in [5.74, 6) is 1.66. The zero-order valence-corrected chi connectivity index (χ0v) is 5.99. The first-order valence-corrected chi connectivity index (χ1v) is 2.89. The molecule has 0 bridgehead atoms. The van der Waals surface area contributed by atoms with Gasteiger partial charge in [-0.15, -0.1) is 0 Å². The molecule has 8 heavy (non-hydrogen) atoms. The lowest BCUT2D eigenvalue weighted by Gasteiger charge is -1.88. The van der Waals surface area contributed by atoms with Gasteiger partial charge in [-0.05, 0) is 11.8 Å². The van der Waals surface area contributed by atoms with Crippen LogP contribution in [0.3, 0.4) is 0 Å². The molecule has 0 unspecified atom stereocenters. The summed E-state index contributed by atoms with van der Waals surface area (Å²) < 4.78 is 4.44. The lowest BCUT2D eigenvalue weighted by Crippen LogP contribution is -1.98. The predicted molar refractivity (Wildman–Crippen MR) is 33.3 cm³/mol. The molecule has 0 heterocycles. The maximum Gasteiger partial charge on any atom is 0.385 e. The highest BCUT2D eigenvalue weighted by Gasteiger charge is 1.89. The molecule has 0 aliphatic carbocycles. The fraction of sp³-hybridized carbons (Fsp3) is 0.400. The normalized spacial score (nSPS) is 6.75. The minimum Gasteiger partial charge on any atom is -0.456 e. The second-order valence-corrected chi connectivity index (χ2v) is 1.34. The average Bonchev–Trinajstić information content (AvgIpc) is 1.68. The van der Waals surface area contributed by atoms with E-state index in [4.69, 9.17) is 0 Å². The van der Waals surface area contributed by atoms with E-state index >= 15 is 0 Å². The molecule has 0 fully saturated rings. The van der Waals surface area contributed by atoms with E-state index in [1.165, 1.54) is 0 Å². The number of hydrogen-bond acceptors (Lipinski definition) is 2. The van der Waals surface area contributed by atoms with Gasteiger partial charge in [0.15, 0.2) is 0 Å². The molecule has 0 N–H and O–H groups in total. The lowest BCUT2D eigenvalue weighted by atomic mass is 10.7. The zero-order valence-electron chi connectivity index (χ0n) is 4.40. The van der Waals surface area contributed by atoms with Crippen LogP contribution in [0.2, 0.25) is 0 Å². The summed E-state index contributed by atoms with van der Waals surface area (Å²) in [7, 11) is 0. The Morgan fingerprint density at radius 2 is 2.50 bits per heavy atom. The number of ether oxygens (including phenoxy) is 1. The Balaban J connectivity index is 3.44. The molecule has 0 aromatic rings. The van der Waals surface area contributed by atoms with E-state index in [1.807, 2.05) is 0 Å². The molecule has 0 saturated carbocycles. The third-order valence-corrected chi connectivity index (χ3v) is 0.623. The lowest BCUT2D eigenvalue weighted by molar-refractivity contribution is -0.136. The maximum absolute atomic E-state index is 10.2. The third-order valence-electron chi connectivity index (χ3n) is 0.425. The highest BCUT2D eigenvalue weighted by atomic mass is 79.9. The van der Waals surface area contributed by atoms with Crippen LogP contribution in [0, 0.1) is 10.8 Å². The largest absolute Gasteiger partial charge is 0.456 e. The summed E-state index contributed by atoms with van der Waals surface area (Å²) in [6.45, 7) is 2.11. The zero-order chi connectivity index (χ0) is 6.41. The van der Waals surface area contributed by atoms with Gasteiger partial charge >= 0.3 is 5.97 Å². The van der Waals surface area contributed by atoms with Crippen molar-refractivity contribution in [3.63, 3.8) is 0 Å². The standard InChI is InChI=1S/C5H5BrO2/c1-2-8-5(7)3-4-6/h2H2,1H3. The average molecular weight is 177 g/mol. The van der Waals surface area contributed by atoms with E-state index in [0.717, 1.165) is 0 Å². The van der Waals surface area contributed by atoms with Crippen molar-refractivity contribution in [2.75, 3.05) is 6.61 Å². The van der Waals surface area contributed by atoms with Crippen LogP contribution < -0.4 is 0 Å². The summed E-state index contributed by atoms with van der Waals surface area (Å²) in [6.07, 6.45) is 0. The van der Waals surface area contributed by atoms with Gasteiger partial charge in [-0.2, -0.15) is 0 Å². The Morgan fingerprint density at radius 3 is 2.88 bits per heavy atom. The Bertz CT molecular complexity index is 131. The maximum atomic E-state index is 10.2. The van der Waals surface area contributed by atoms with Crippen LogP contribution in [-0.4, -0.2) is 12.6 Å². The van der Waals surface area contributed by atoms with Crippen LogP contribution in [0.4, 0.5) is 0 Å². The Hall–Kier alpha value is -0.490. The minimum atomic E-state index is -0.496. The first-order valence-electron chi connectivity index (χ1n) is 2.09. The van der Waals surface area contributed by atoms with Crippen molar-refractivity contribution in [1.82, 2.24) is 0 Å². The summed E-state index contributed by atoms with van der Waals surface area (Å²) >= 11 is 2.76. The van der Waals surface area contributed by atoms with Crippen molar-refractivity contribution < 1.29 is 9.53 Å². The van der Waals surface area contributed by atoms with Crippen molar-refractivity contribution in [2.24, 2.45) is 0 Å². The number of carbonyl (C=O) groups is 1. The molecule has 0 aliphatic rings. The fourth-order valence-corrected chi connectivity index (χ4v) is 0.368. The van der Waals surface area contributed by atoms with E-state index in [9.17, 15) is 4.79 Å². The van der Waals surface area contributed by atoms with Crippen LogP contribution in [0.1, 0.15) is 6.92 Å². The van der Waals surface area contributed by atoms with Gasteiger partial charge < -0.3 is 4.74 Å². The first kappa shape index (κ1) is 7.51. The number of hydrogen-bond donors (Lipinski definition) is 0. The van der Waals surface area contributed by atoms with Gasteiger partial charge in [0.1, 0.15) is 0 Å². The number of halogens is 1. The van der Waals surface area contributed by atoms with E-state index in [-0.39, 0.29) is 0 Å². The van der Waals surface area contributed by atoms with Crippen molar-refractivity contribution in [3.05, 3.63) is 0 Å². The predicted octanol–water partition coefficient (Wildman–Crippen LogP) is 0.905. The molecular weight excluding hydrogens is 172 g/mol. The van der Waals surface area contributed by atoms with E-state index in [0.29, 0.717) is 6.61 Å². The van der Waals surface area contributed by atoms with Gasteiger partial charge in [-0.25, -0.2) is 4.79 Å². The molecular formula is C5H5BrO2. The van der Waals surface area contributed by atoms with Crippen LogP contribution in [0.5, 0.6) is 0 Å². The van der Waals surface area contributed by atoms with Crippen molar-refractivity contribution >= 4 is 21.9 Å². The second-order valence-electron chi connectivity index (χ2n) is 0.940. The van der Waals surface area contributed by atoms with Gasteiger partial charge in [0, 0.05) is 21.9 Å². The van der Waals surface area contributed by atoms with Crippen LogP contribution in [0.25, 0.3) is 0 Å². The summed E-state index contributed by atoms with van der Waals surface area (Å²) in [5, 5.41) is 0. The SMILES string of the molecule is CCOC(=O)C#CBr. The van der Waals surface area contributed by atoms with Crippen molar-refractivity contribution in [3.8, 4) is 10.8 Å². The quantitative estimate of drug-likeness (QED) is 0.439. The third kappa shape index (κ3) is 3.69. The molecule has 0 radical (unpaired) electrons. The van der Waals surface area contributed by atoms with Crippen LogP contribution in [-0.2, 0) is 9.53 Å². The summed E-state index contributed by atoms with van der Waals surface area (Å²) in [5.41, 5.74) is 0. The summed E-state index contributed by atoms with van der Waals surface area (Å²) in [4.78, 5) is 12.5. The minimum absolute atomic E-state index is 0.376. The highest BCUT2D eigenvalue weighted by Crippen LogP contribution is 1.75. The van der Waals surface area contributed by atoms with Crippen molar-refractivity contribution in [2.45, 2.75) is 6.92 Å². The van der Waals surface area contributed by atoms with Gasteiger partial charge in [0.05, 0.1) is 6.61 Å². The molecule has 0 atom stereocenters. The van der Waals surface area contributed by atoms with Crippen LogP contribution >= 0.6 is 15.9 Å². The smallest absolute Gasteiger partial charge is 0.385 e. The highest BCUT2D eigenvalue weighted by molar-refractivity contribution is 9.12. The van der Waals surface area contributed by atoms with Gasteiger partial charge in [-0.1, -0.05) is 0 Å². The topological polar surface area (TPSA) is 26.3 Å². The Morgan fingerprint density at radius 1 is 1.88 bits per heavy atom. The first-order chi connectivity index (χ1) is 3.81. The van der Waals surface area contributed by atoms with E-state index in [2.05, 4.69) is 31.4 Å². The Labute approximate surface area is 56.3 Å². The van der Waals surface area contributed by atoms with Crippen LogP contribution in [0.15, 0.2) is 0 Å². The van der Waals surface area contributed by atoms with Gasteiger partial charge in [-0.3, -0.25) is 0 Å². The second kappa shape index (κ2) is 4.66. The molecule has 0 saturated heterocycles. The molecule has 0 rings (SSSR count). The molecule has 0 amide bonds. The molecule has 2 nitrogen and oxygen atoms in total. The van der Waals surface area contributed by atoms with Crippen molar-refractivity contribution in [1.29, 1.82) is 0 Å². The molecule has 0 aromatic heterocycles. The molecule has 3 heteroatoms. The van der Waals surface area contributed by atoms with Gasteiger partial charge in [0.2, 0.25) is 0 Å². The van der Waals surface area contributed by atoms with E-state index < -0.39 is 5.97 Å². The molecule has 0 aliphatic heterocycles. The number of esters is 1. The monoisotopic (exact) mass is 176 g/mol. The van der Waals surface area contributed by atoms with E-state index in [1.54, 1.807) is 6.92 Å². The molecule has 0 aromatic carbocycles.